The Hall–Kier alpha value is -1.81. The van der Waals surface area contributed by atoms with Gasteiger partial charge in [0.25, 0.3) is 0 Å². The van der Waals surface area contributed by atoms with Crippen LogP contribution < -0.4 is 4.74 Å². The second kappa shape index (κ2) is 7.45. The van der Waals surface area contributed by atoms with E-state index in [1.165, 1.54) is 18.5 Å². The van der Waals surface area contributed by atoms with E-state index in [4.69, 9.17) is 4.74 Å². The summed E-state index contributed by atoms with van der Waals surface area (Å²) < 4.78 is 6.03. The summed E-state index contributed by atoms with van der Waals surface area (Å²) in [6.07, 6.45) is 6.83. The number of H-pyrrole nitrogens is 1. The molecule has 118 valence electrons. The molecule has 1 aliphatic heterocycles. The van der Waals surface area contributed by atoms with Gasteiger partial charge >= 0.3 is 0 Å². The number of para-hydroxylation sites is 1. The van der Waals surface area contributed by atoms with Crippen LogP contribution in [0.1, 0.15) is 37.7 Å². The van der Waals surface area contributed by atoms with Crippen LogP contribution in [0.15, 0.2) is 36.5 Å². The number of aromatic nitrogens is 2. The summed E-state index contributed by atoms with van der Waals surface area (Å²) in [7, 11) is 0. The zero-order valence-corrected chi connectivity index (χ0v) is 13.3. The normalized spacial score (nSPS) is 18.7. The van der Waals surface area contributed by atoms with Crippen LogP contribution in [0.3, 0.4) is 0 Å². The lowest BCUT2D eigenvalue weighted by Crippen LogP contribution is -2.24. The zero-order valence-electron chi connectivity index (χ0n) is 13.3. The molecule has 0 amide bonds. The number of nitrogens with one attached hydrogen (secondary N) is 1. The van der Waals surface area contributed by atoms with Crippen molar-refractivity contribution < 1.29 is 4.74 Å². The van der Waals surface area contributed by atoms with Gasteiger partial charge in [0, 0.05) is 37.9 Å². The molecule has 1 fully saturated rings. The van der Waals surface area contributed by atoms with E-state index in [9.17, 15) is 0 Å². The first-order valence-electron chi connectivity index (χ1n) is 8.30. The van der Waals surface area contributed by atoms with Crippen LogP contribution in [0, 0.1) is 0 Å². The van der Waals surface area contributed by atoms with E-state index < -0.39 is 0 Å². The van der Waals surface area contributed by atoms with E-state index in [0.29, 0.717) is 6.10 Å². The first kappa shape index (κ1) is 15.1. The van der Waals surface area contributed by atoms with Crippen LogP contribution in [-0.4, -0.2) is 34.1 Å². The van der Waals surface area contributed by atoms with E-state index in [1.807, 2.05) is 36.5 Å². The maximum Gasteiger partial charge on any atom is 0.119 e. The number of hydrogen-bond donors (Lipinski definition) is 1. The fourth-order valence-corrected chi connectivity index (χ4v) is 2.93. The van der Waals surface area contributed by atoms with Crippen molar-refractivity contribution in [3.8, 4) is 5.75 Å². The molecular weight excluding hydrogens is 274 g/mol. The molecule has 0 bridgehead atoms. The Morgan fingerprint density at radius 1 is 1.32 bits per heavy atom. The lowest BCUT2D eigenvalue weighted by atomic mass is 10.2. The van der Waals surface area contributed by atoms with Crippen LogP contribution in [0.4, 0.5) is 0 Å². The van der Waals surface area contributed by atoms with Crippen molar-refractivity contribution in [3.05, 3.63) is 48.0 Å². The number of unbranched alkanes of at least 4 members (excludes halogenated alkanes) is 1. The van der Waals surface area contributed by atoms with Crippen LogP contribution in [0.25, 0.3) is 0 Å². The summed E-state index contributed by atoms with van der Waals surface area (Å²) in [5.74, 6) is 2.09. The lowest BCUT2D eigenvalue weighted by Gasteiger charge is -2.16. The van der Waals surface area contributed by atoms with Crippen molar-refractivity contribution in [2.45, 2.75) is 45.3 Å². The highest BCUT2D eigenvalue weighted by Gasteiger charge is 2.24. The highest BCUT2D eigenvalue weighted by molar-refractivity contribution is 5.21. The van der Waals surface area contributed by atoms with Crippen molar-refractivity contribution in [1.29, 1.82) is 0 Å². The number of rotatable bonds is 7. The molecular formula is C18H25N3O. The molecule has 1 aliphatic rings. The maximum atomic E-state index is 6.03. The highest BCUT2D eigenvalue weighted by Crippen LogP contribution is 2.19. The van der Waals surface area contributed by atoms with Gasteiger partial charge in [-0.15, -0.1) is 0 Å². The number of ether oxygens (including phenoxy) is 1. The summed E-state index contributed by atoms with van der Waals surface area (Å²) in [6, 6.07) is 10.1. The van der Waals surface area contributed by atoms with Crippen molar-refractivity contribution >= 4 is 0 Å². The quantitative estimate of drug-likeness (QED) is 0.852. The van der Waals surface area contributed by atoms with Gasteiger partial charge in [0.1, 0.15) is 17.7 Å². The molecule has 1 atom stereocenters. The molecule has 0 aliphatic carbocycles. The van der Waals surface area contributed by atoms with Gasteiger partial charge in [0.2, 0.25) is 0 Å². The third-order valence-electron chi connectivity index (χ3n) is 4.12. The van der Waals surface area contributed by atoms with Crippen LogP contribution in [0.5, 0.6) is 5.75 Å². The molecule has 2 heterocycles. The SMILES string of the molecule is CCCCc1ncc(CN2CC[C@H](Oc3ccccc3)C2)[nH]1. The van der Waals surface area contributed by atoms with E-state index >= 15 is 0 Å². The molecule has 0 spiro atoms. The number of aryl methyl sites for hydroxylation is 1. The van der Waals surface area contributed by atoms with Crippen molar-refractivity contribution in [2.75, 3.05) is 13.1 Å². The Morgan fingerprint density at radius 3 is 3.00 bits per heavy atom. The average molecular weight is 299 g/mol. The molecule has 1 aromatic carbocycles. The molecule has 1 saturated heterocycles. The average Bonchev–Trinajstić information content (AvgIpc) is 3.16. The molecule has 1 aromatic heterocycles. The maximum absolute atomic E-state index is 6.03. The lowest BCUT2D eigenvalue weighted by molar-refractivity contribution is 0.198. The van der Waals surface area contributed by atoms with Crippen LogP contribution in [0.2, 0.25) is 0 Å². The van der Waals surface area contributed by atoms with E-state index in [0.717, 1.165) is 44.0 Å². The van der Waals surface area contributed by atoms with Gasteiger partial charge in [-0.2, -0.15) is 0 Å². The van der Waals surface area contributed by atoms with E-state index in [1.54, 1.807) is 0 Å². The molecule has 3 rings (SSSR count). The van der Waals surface area contributed by atoms with Gasteiger partial charge in [-0.3, -0.25) is 4.90 Å². The summed E-state index contributed by atoms with van der Waals surface area (Å²) in [4.78, 5) is 10.4. The second-order valence-electron chi connectivity index (χ2n) is 6.04. The zero-order chi connectivity index (χ0) is 15.2. The summed E-state index contributed by atoms with van der Waals surface area (Å²) in [5, 5.41) is 0. The molecule has 0 radical (unpaired) electrons. The smallest absolute Gasteiger partial charge is 0.119 e. The van der Waals surface area contributed by atoms with Gasteiger partial charge in [-0.25, -0.2) is 4.98 Å². The molecule has 2 aromatic rings. The van der Waals surface area contributed by atoms with Crippen molar-refractivity contribution in [3.63, 3.8) is 0 Å². The monoisotopic (exact) mass is 299 g/mol. The first-order chi connectivity index (χ1) is 10.8. The van der Waals surface area contributed by atoms with E-state index in [-0.39, 0.29) is 0 Å². The number of aromatic amines is 1. The van der Waals surface area contributed by atoms with Gasteiger partial charge in [-0.05, 0) is 25.0 Å². The minimum absolute atomic E-state index is 0.296. The predicted octanol–water partition coefficient (Wildman–Crippen LogP) is 3.41. The van der Waals surface area contributed by atoms with Gasteiger partial charge in [0.05, 0.1) is 0 Å². The Bertz CT molecular complexity index is 567. The Kier molecular flexibility index (Phi) is 5.11. The fourth-order valence-electron chi connectivity index (χ4n) is 2.93. The fraction of sp³-hybridized carbons (Fsp3) is 0.500. The standard InChI is InChI=1S/C18H25N3O/c1-2-3-9-18-19-12-15(20-18)13-21-11-10-17(14-21)22-16-7-5-4-6-8-16/h4-8,12,17H,2-3,9-11,13-14H2,1H3,(H,19,20)/t17-/m0/s1. The topological polar surface area (TPSA) is 41.2 Å². The number of imidazole rings is 1. The van der Waals surface area contributed by atoms with E-state index in [2.05, 4.69) is 21.8 Å². The molecule has 0 unspecified atom stereocenters. The number of likely N-dealkylation sites (tertiary alicyclic amines) is 1. The minimum atomic E-state index is 0.296. The second-order valence-corrected chi connectivity index (χ2v) is 6.04. The predicted molar refractivity (Wildman–Crippen MR) is 88.0 cm³/mol. The first-order valence-corrected chi connectivity index (χ1v) is 8.30. The highest BCUT2D eigenvalue weighted by atomic mass is 16.5. The third kappa shape index (κ3) is 4.10. The summed E-state index contributed by atoms with van der Waals surface area (Å²) in [5.41, 5.74) is 1.21. The molecule has 4 nitrogen and oxygen atoms in total. The van der Waals surface area contributed by atoms with Gasteiger partial charge in [0.15, 0.2) is 0 Å². The largest absolute Gasteiger partial charge is 0.489 e. The summed E-state index contributed by atoms with van der Waals surface area (Å²) >= 11 is 0. The number of benzene rings is 1. The number of hydrogen-bond acceptors (Lipinski definition) is 3. The molecule has 22 heavy (non-hydrogen) atoms. The molecule has 1 N–H and O–H groups in total. The summed E-state index contributed by atoms with van der Waals surface area (Å²) in [6.45, 7) is 5.22. The number of nitrogens with zero attached hydrogens (tertiary/aromatic N) is 2. The Balaban J connectivity index is 1.47. The van der Waals surface area contributed by atoms with Gasteiger partial charge < -0.3 is 9.72 Å². The molecule has 0 saturated carbocycles. The molecule has 4 heteroatoms. The van der Waals surface area contributed by atoms with Gasteiger partial charge in [-0.1, -0.05) is 31.5 Å². The third-order valence-corrected chi connectivity index (χ3v) is 4.12. The van der Waals surface area contributed by atoms with Crippen LogP contribution in [-0.2, 0) is 13.0 Å². The van der Waals surface area contributed by atoms with Crippen molar-refractivity contribution in [2.24, 2.45) is 0 Å². The Labute approximate surface area is 132 Å². The Morgan fingerprint density at radius 2 is 2.18 bits per heavy atom. The minimum Gasteiger partial charge on any atom is -0.489 e. The van der Waals surface area contributed by atoms with Crippen molar-refractivity contribution in [1.82, 2.24) is 14.9 Å². The van der Waals surface area contributed by atoms with Crippen LogP contribution >= 0.6 is 0 Å².